The van der Waals surface area contributed by atoms with Crippen LogP contribution in [0.5, 0.6) is 5.88 Å². The number of allylic oxidation sites excluding steroid dienone is 1. The monoisotopic (exact) mass is 803 g/mol. The average Bonchev–Trinajstić information content (AvgIpc) is 3.74. The summed E-state index contributed by atoms with van der Waals surface area (Å²) in [5.41, 5.74) is 5.45. The van der Waals surface area contributed by atoms with Crippen molar-refractivity contribution in [1.82, 2.24) is 34.9 Å². The maximum absolute atomic E-state index is 12.1. The Hall–Kier alpha value is -5.82. The van der Waals surface area contributed by atoms with Crippen LogP contribution in [0.25, 0.3) is 34.3 Å². The van der Waals surface area contributed by atoms with Gasteiger partial charge in [0.2, 0.25) is 5.88 Å². The second-order valence-electron chi connectivity index (χ2n) is 12.3. The van der Waals surface area contributed by atoms with Crippen molar-refractivity contribution in [2.24, 2.45) is 5.92 Å². The van der Waals surface area contributed by atoms with Gasteiger partial charge in [-0.25, -0.2) is 34.9 Å². The highest BCUT2D eigenvalue weighted by Gasteiger charge is 2.18. The lowest BCUT2D eigenvalue weighted by atomic mass is 10.0. The van der Waals surface area contributed by atoms with Gasteiger partial charge < -0.3 is 14.2 Å². The number of ketones is 1. The molecule has 0 N–H and O–H groups in total. The molecule has 0 atom stereocenters. The van der Waals surface area contributed by atoms with Crippen molar-refractivity contribution in [3.05, 3.63) is 144 Å². The first kappa shape index (κ1) is 48.3. The van der Waals surface area contributed by atoms with Crippen LogP contribution >= 0.6 is 11.3 Å². The minimum atomic E-state index is -0.183. The number of thiophene rings is 1. The molecule has 11 nitrogen and oxygen atoms in total. The summed E-state index contributed by atoms with van der Waals surface area (Å²) in [4.78, 5) is 42.8. The van der Waals surface area contributed by atoms with Gasteiger partial charge >= 0.3 is 0 Å². The second kappa shape index (κ2) is 27.7. The normalized spacial score (nSPS) is 9.90. The summed E-state index contributed by atoms with van der Waals surface area (Å²) >= 11 is 1.69. The van der Waals surface area contributed by atoms with Crippen LogP contribution in [0, 0.1) is 5.92 Å². The molecule has 6 rings (SSSR count). The quantitative estimate of drug-likeness (QED) is 0.0591. The Kier molecular flexibility index (Phi) is 23.1. The van der Waals surface area contributed by atoms with E-state index in [1.165, 1.54) is 12.0 Å². The van der Waals surface area contributed by atoms with Crippen LogP contribution < -0.4 is 4.74 Å². The molecule has 12 heteroatoms. The van der Waals surface area contributed by atoms with Crippen molar-refractivity contribution >= 4 is 17.1 Å². The minimum Gasteiger partial charge on any atom is -0.481 e. The molecule has 0 saturated heterocycles. The van der Waals surface area contributed by atoms with Crippen LogP contribution in [0.1, 0.15) is 76.2 Å². The van der Waals surface area contributed by atoms with E-state index in [0.29, 0.717) is 54.3 Å². The zero-order valence-electron chi connectivity index (χ0n) is 35.3. The van der Waals surface area contributed by atoms with Gasteiger partial charge in [0.25, 0.3) is 0 Å². The zero-order valence-corrected chi connectivity index (χ0v) is 36.1. The molecule has 5 heterocycles. The van der Waals surface area contributed by atoms with Gasteiger partial charge in [0, 0.05) is 65.9 Å². The molecule has 6 aromatic rings. The largest absolute Gasteiger partial charge is 0.481 e. The number of hydrogen-bond acceptors (Lipinski definition) is 12. The topological polar surface area (TPSA) is 135 Å². The number of ether oxygens (including phenoxy) is 3. The standard InChI is InChI=1S/C15H16N2O.C14H13N3O2.C13H16N2OS.2C2H6/c1-12(2)10-18-11-13-6-3-4-7-14(13)15-16-8-5-9-17-15;1-9(2)13(18)10-5-6-11(19-3)17-12(10)14-15-7-4-8-16-14;1-10(2)8-16-9-12-11(4-7-17-12)13-14-5-3-6-15-13;2*1-2/h3-9H,1,10-11H2,2H3;4-8H,1H2,2-3H3;3-7,10H,8-9H2,1-2H3;2*1-2H3. The Labute approximate surface area is 348 Å². The first-order valence-corrected chi connectivity index (χ1v) is 20.1. The molecule has 0 unspecified atom stereocenters. The molecule has 0 radical (unpaired) electrons. The molecule has 0 aliphatic carbocycles. The molecule has 306 valence electrons. The number of methoxy groups -OCH3 is 1. The predicted octanol–water partition coefficient (Wildman–Crippen LogP) is 11.0. The van der Waals surface area contributed by atoms with E-state index in [4.69, 9.17) is 14.2 Å². The first-order valence-electron chi connectivity index (χ1n) is 19.2. The summed E-state index contributed by atoms with van der Waals surface area (Å²) in [6, 6.07) is 18.7. The van der Waals surface area contributed by atoms with E-state index >= 15 is 0 Å². The van der Waals surface area contributed by atoms with Crippen molar-refractivity contribution in [2.75, 3.05) is 20.3 Å². The Bertz CT molecular complexity index is 2080. The summed E-state index contributed by atoms with van der Waals surface area (Å²) in [6.07, 6.45) is 10.2. The maximum atomic E-state index is 12.1. The van der Waals surface area contributed by atoms with Crippen LogP contribution in [-0.4, -0.2) is 61.0 Å². The van der Waals surface area contributed by atoms with Crippen molar-refractivity contribution in [3.63, 3.8) is 0 Å². The summed E-state index contributed by atoms with van der Waals surface area (Å²) < 4.78 is 16.3. The smallest absolute Gasteiger partial charge is 0.213 e. The predicted molar refractivity (Wildman–Crippen MR) is 235 cm³/mol. The second-order valence-corrected chi connectivity index (χ2v) is 13.4. The first-order chi connectivity index (χ1) is 28.2. The van der Waals surface area contributed by atoms with Gasteiger partial charge in [-0.3, -0.25) is 4.79 Å². The van der Waals surface area contributed by atoms with E-state index in [2.05, 4.69) is 67.3 Å². The van der Waals surface area contributed by atoms with Crippen LogP contribution in [-0.2, 0) is 22.7 Å². The Morgan fingerprint density at radius 3 is 1.78 bits per heavy atom. The van der Waals surface area contributed by atoms with Crippen LogP contribution in [0.15, 0.2) is 128 Å². The third kappa shape index (κ3) is 16.3. The molecule has 0 amide bonds. The van der Waals surface area contributed by atoms with E-state index in [-0.39, 0.29) is 5.78 Å². The molecular weight excluding hydrogens is 747 g/mol. The van der Waals surface area contributed by atoms with Crippen LogP contribution in [0.2, 0.25) is 0 Å². The number of aromatic nitrogens is 7. The van der Waals surface area contributed by atoms with E-state index in [1.54, 1.807) is 73.6 Å². The zero-order chi connectivity index (χ0) is 42.7. The van der Waals surface area contributed by atoms with Crippen molar-refractivity contribution in [1.29, 1.82) is 0 Å². The molecular formula is C46H57N7O4S. The lowest BCUT2D eigenvalue weighted by Crippen LogP contribution is -2.06. The number of pyridine rings is 1. The molecule has 58 heavy (non-hydrogen) atoms. The Morgan fingerprint density at radius 1 is 0.690 bits per heavy atom. The fourth-order valence-electron chi connectivity index (χ4n) is 4.67. The number of benzene rings is 1. The maximum Gasteiger partial charge on any atom is 0.213 e. The van der Waals surface area contributed by atoms with Crippen molar-refractivity contribution in [3.8, 4) is 40.2 Å². The number of carbonyl (C=O) groups excluding carboxylic acids is 1. The van der Waals surface area contributed by atoms with Gasteiger partial charge in [0.15, 0.2) is 23.3 Å². The summed E-state index contributed by atoms with van der Waals surface area (Å²) in [6.45, 7) is 25.9. The van der Waals surface area contributed by atoms with Gasteiger partial charge in [-0.15, -0.1) is 11.3 Å². The summed E-state index contributed by atoms with van der Waals surface area (Å²) in [5.74, 6) is 2.67. The third-order valence-corrected chi connectivity index (χ3v) is 8.05. The molecule has 1 aromatic carbocycles. The van der Waals surface area contributed by atoms with E-state index in [9.17, 15) is 4.79 Å². The highest BCUT2D eigenvalue weighted by Crippen LogP contribution is 2.26. The number of hydrogen-bond donors (Lipinski definition) is 0. The fourth-order valence-corrected chi connectivity index (χ4v) is 5.48. The van der Waals surface area contributed by atoms with Gasteiger partial charge in [0.05, 0.1) is 32.5 Å². The molecule has 0 spiro atoms. The van der Waals surface area contributed by atoms with Gasteiger partial charge in [0.1, 0.15) is 5.69 Å². The summed E-state index contributed by atoms with van der Waals surface area (Å²) in [5, 5.41) is 2.06. The highest BCUT2D eigenvalue weighted by atomic mass is 32.1. The molecule has 0 aliphatic heterocycles. The molecule has 0 fully saturated rings. The Balaban J connectivity index is 0.000000288. The number of Topliss-reactive ketones (excluding diaryl/α,β-unsaturated/α-hetero) is 1. The fraction of sp³-hybridized carbons (Fsp3) is 0.304. The molecule has 0 bridgehead atoms. The van der Waals surface area contributed by atoms with Gasteiger partial charge in [-0.1, -0.05) is 84.5 Å². The average molecular weight is 804 g/mol. The van der Waals surface area contributed by atoms with Crippen LogP contribution in [0.3, 0.4) is 0 Å². The Morgan fingerprint density at radius 2 is 1.24 bits per heavy atom. The number of rotatable bonds is 14. The van der Waals surface area contributed by atoms with Gasteiger partial charge in [-0.2, -0.15) is 0 Å². The lowest BCUT2D eigenvalue weighted by Gasteiger charge is -2.08. The minimum absolute atomic E-state index is 0.183. The third-order valence-electron chi connectivity index (χ3n) is 7.16. The molecule has 0 aliphatic rings. The number of nitrogens with zero attached hydrogens (tertiary/aromatic N) is 7. The highest BCUT2D eigenvalue weighted by molar-refractivity contribution is 7.10. The SMILES string of the molecule is C=C(C)C(=O)c1ccc(OC)nc1-c1ncccn1.C=C(C)COCc1ccccc1-c1ncccn1.CC.CC.CC(C)COCc1sccc1-c1ncccn1. The van der Waals surface area contributed by atoms with Gasteiger partial charge in [-0.05, 0) is 66.6 Å². The van der Waals surface area contributed by atoms with Crippen molar-refractivity contribution < 1.29 is 19.0 Å². The van der Waals surface area contributed by atoms with Crippen molar-refractivity contribution in [2.45, 2.75) is 68.6 Å². The van der Waals surface area contributed by atoms with Crippen LogP contribution in [0.4, 0.5) is 0 Å². The van der Waals surface area contributed by atoms with E-state index in [0.717, 1.165) is 40.5 Å². The van der Waals surface area contributed by atoms with E-state index in [1.807, 2.05) is 77.1 Å². The van der Waals surface area contributed by atoms with E-state index < -0.39 is 0 Å². The lowest BCUT2D eigenvalue weighted by molar-refractivity contribution is 0.0992. The summed E-state index contributed by atoms with van der Waals surface area (Å²) in [7, 11) is 1.51. The molecule has 0 saturated carbocycles. The number of carbonyl (C=O) groups is 1. The molecule has 5 aromatic heterocycles.